The number of fused-ring (bicyclic) bond motifs is 3. The minimum atomic E-state index is 0.693. The molecule has 0 saturated carbocycles. The zero-order chi connectivity index (χ0) is 11.7. The van der Waals surface area contributed by atoms with Crippen LogP contribution in [-0.2, 0) is 6.42 Å². The number of alkyl halides is 1. The van der Waals surface area contributed by atoms with Crippen molar-refractivity contribution in [1.29, 1.82) is 0 Å². The topological polar surface area (TPSA) is 3.24 Å². The van der Waals surface area contributed by atoms with Crippen LogP contribution in [-0.4, -0.2) is 54.2 Å². The third kappa shape index (κ3) is 2.22. The van der Waals surface area contributed by atoms with Gasteiger partial charge in [-0.1, -0.05) is 41.9 Å². The molecule has 0 unspecified atom stereocenters. The van der Waals surface area contributed by atoms with E-state index in [2.05, 4.69) is 35.2 Å². The van der Waals surface area contributed by atoms with Gasteiger partial charge in [-0.15, -0.1) is 0 Å². The lowest BCUT2D eigenvalue weighted by Crippen LogP contribution is -2.70. The van der Waals surface area contributed by atoms with E-state index < -0.39 is 0 Å². The molecule has 0 aromatic heterocycles. The summed E-state index contributed by atoms with van der Waals surface area (Å²) in [6, 6.07) is 12.3. The second kappa shape index (κ2) is 4.60. The van der Waals surface area contributed by atoms with Gasteiger partial charge in [0.15, 0.2) is 6.00 Å². The molecule has 0 radical (unpaired) electrons. The quantitative estimate of drug-likeness (QED) is 0.451. The number of nitrogens with zero attached hydrogens (tertiary/aromatic N) is 2. The highest BCUT2D eigenvalue weighted by molar-refractivity contribution is 6.17. The van der Waals surface area contributed by atoms with Crippen molar-refractivity contribution in [3.05, 3.63) is 35.9 Å². The first-order chi connectivity index (χ1) is 8.31. The Labute approximate surface area is 108 Å². The summed E-state index contributed by atoms with van der Waals surface area (Å²) >= 11 is 6.18. The maximum Gasteiger partial charge on any atom is 0.155 e. The van der Waals surface area contributed by atoms with Gasteiger partial charge in [-0.2, -0.15) is 0 Å². The van der Waals surface area contributed by atoms with E-state index in [-0.39, 0.29) is 0 Å². The molecule has 1 aromatic rings. The Hall–Kier alpha value is -0.570. The van der Waals surface area contributed by atoms with Gasteiger partial charge in [-0.05, 0) is 12.0 Å². The molecule has 3 heterocycles. The lowest BCUT2D eigenvalue weighted by Gasteiger charge is -2.53. The number of hydrogen-bond donors (Lipinski definition) is 0. The number of rotatable bonds is 3. The number of halogens is 1. The van der Waals surface area contributed by atoms with Gasteiger partial charge in [0.1, 0.15) is 0 Å². The van der Waals surface area contributed by atoms with Crippen LogP contribution in [0.5, 0.6) is 0 Å². The van der Waals surface area contributed by atoms with Gasteiger partial charge in [-0.3, -0.25) is 4.90 Å². The highest BCUT2D eigenvalue weighted by atomic mass is 35.5. The van der Waals surface area contributed by atoms with Crippen molar-refractivity contribution in [2.24, 2.45) is 0 Å². The van der Waals surface area contributed by atoms with E-state index in [0.29, 0.717) is 6.04 Å². The molecular formula is C14H20ClN2+. The molecule has 2 bridgehead atoms. The molecule has 4 rings (SSSR count). The van der Waals surface area contributed by atoms with E-state index in [1.54, 1.807) is 0 Å². The van der Waals surface area contributed by atoms with Crippen LogP contribution in [0, 0.1) is 0 Å². The van der Waals surface area contributed by atoms with Gasteiger partial charge in [0, 0.05) is 13.1 Å². The molecule has 1 atom stereocenters. The number of quaternary nitrogens is 1. The van der Waals surface area contributed by atoms with E-state index in [9.17, 15) is 0 Å². The largest absolute Gasteiger partial charge is 0.308 e. The molecule has 0 spiro atoms. The van der Waals surface area contributed by atoms with Crippen molar-refractivity contribution < 1.29 is 4.48 Å². The summed E-state index contributed by atoms with van der Waals surface area (Å²) in [6.45, 7) is 6.18. The van der Waals surface area contributed by atoms with Gasteiger partial charge in [0.2, 0.25) is 0 Å². The Morgan fingerprint density at radius 2 is 1.88 bits per heavy atom. The number of hydrogen-bond acceptors (Lipinski definition) is 1. The van der Waals surface area contributed by atoms with Crippen LogP contribution >= 0.6 is 11.6 Å². The molecule has 0 aliphatic carbocycles. The van der Waals surface area contributed by atoms with E-state index in [1.165, 1.54) is 44.7 Å². The van der Waals surface area contributed by atoms with Crippen molar-refractivity contribution in [3.63, 3.8) is 0 Å². The Kier molecular flexibility index (Phi) is 3.12. The monoisotopic (exact) mass is 251 g/mol. The van der Waals surface area contributed by atoms with Crippen LogP contribution in [0.15, 0.2) is 30.3 Å². The van der Waals surface area contributed by atoms with Gasteiger partial charge in [0.25, 0.3) is 0 Å². The van der Waals surface area contributed by atoms with Crippen LogP contribution in [0.1, 0.15) is 5.56 Å². The van der Waals surface area contributed by atoms with E-state index in [0.717, 1.165) is 10.5 Å². The molecule has 0 amide bonds. The summed E-state index contributed by atoms with van der Waals surface area (Å²) < 4.78 is 1.13. The Balaban J connectivity index is 1.72. The molecule has 3 saturated heterocycles. The summed E-state index contributed by atoms with van der Waals surface area (Å²) in [6.07, 6.45) is 1.18. The van der Waals surface area contributed by atoms with Gasteiger partial charge in [0.05, 0.1) is 25.7 Å². The lowest BCUT2D eigenvalue weighted by atomic mass is 9.98. The first-order valence-corrected chi connectivity index (χ1v) is 7.04. The summed E-state index contributed by atoms with van der Waals surface area (Å²) in [5, 5.41) is 0. The minimum Gasteiger partial charge on any atom is -0.308 e. The number of piperazine rings is 3. The molecule has 3 aliphatic rings. The van der Waals surface area contributed by atoms with Crippen LogP contribution < -0.4 is 0 Å². The summed E-state index contributed by atoms with van der Waals surface area (Å²) in [7, 11) is 0. The summed E-state index contributed by atoms with van der Waals surface area (Å²) in [4.78, 5) is 2.65. The van der Waals surface area contributed by atoms with Crippen LogP contribution in [0.3, 0.4) is 0 Å². The first kappa shape index (κ1) is 11.5. The van der Waals surface area contributed by atoms with E-state index >= 15 is 0 Å². The fourth-order valence-electron chi connectivity index (χ4n) is 3.26. The first-order valence-electron chi connectivity index (χ1n) is 6.50. The third-order valence-electron chi connectivity index (χ3n) is 4.41. The van der Waals surface area contributed by atoms with Crippen LogP contribution in [0.25, 0.3) is 0 Å². The second-order valence-electron chi connectivity index (χ2n) is 5.47. The zero-order valence-electron chi connectivity index (χ0n) is 10.2. The molecule has 3 heteroatoms. The third-order valence-corrected chi connectivity index (χ3v) is 4.91. The van der Waals surface area contributed by atoms with Crippen LogP contribution in [0.2, 0.25) is 0 Å². The molecule has 2 nitrogen and oxygen atoms in total. The number of benzene rings is 1. The highest BCUT2D eigenvalue weighted by Gasteiger charge is 2.43. The van der Waals surface area contributed by atoms with Gasteiger partial charge >= 0.3 is 0 Å². The molecule has 17 heavy (non-hydrogen) atoms. The molecule has 3 aliphatic heterocycles. The average molecular weight is 252 g/mol. The van der Waals surface area contributed by atoms with Crippen LogP contribution in [0.4, 0.5) is 0 Å². The maximum absolute atomic E-state index is 6.18. The van der Waals surface area contributed by atoms with E-state index in [4.69, 9.17) is 11.6 Å². The molecule has 3 fully saturated rings. The fourth-order valence-corrected chi connectivity index (χ4v) is 3.60. The smallest absolute Gasteiger partial charge is 0.155 e. The normalized spacial score (nSPS) is 36.1. The second-order valence-corrected chi connectivity index (χ2v) is 5.71. The van der Waals surface area contributed by atoms with Gasteiger partial charge in [-0.25, -0.2) is 0 Å². The Morgan fingerprint density at radius 3 is 2.53 bits per heavy atom. The molecular weight excluding hydrogens is 232 g/mol. The standard InChI is InChI=1S/C14H20ClN2/c15-12-17-8-6-16(7-9-17)14(11-17)10-13-4-2-1-3-5-13/h1-5,14H,6-12H2/q+1/t14-/m1/s1. The SMILES string of the molecule is ClC[N+]12CCN(CC1)[C@H](Cc1ccccc1)C2. The summed E-state index contributed by atoms with van der Waals surface area (Å²) in [5.74, 6) is 0. The predicted molar refractivity (Wildman–Crippen MR) is 71.1 cm³/mol. The molecule has 0 N–H and O–H groups in total. The van der Waals surface area contributed by atoms with Crippen molar-refractivity contribution in [3.8, 4) is 0 Å². The molecule has 1 aromatic carbocycles. The van der Waals surface area contributed by atoms with Crippen molar-refractivity contribution >= 4 is 11.6 Å². The zero-order valence-corrected chi connectivity index (χ0v) is 10.9. The Bertz CT molecular complexity index is 371. The molecule has 92 valence electrons. The van der Waals surface area contributed by atoms with Crippen molar-refractivity contribution in [2.45, 2.75) is 12.5 Å². The highest BCUT2D eigenvalue weighted by Crippen LogP contribution is 2.26. The summed E-state index contributed by atoms with van der Waals surface area (Å²) in [5.41, 5.74) is 1.46. The lowest BCUT2D eigenvalue weighted by molar-refractivity contribution is -0.934. The van der Waals surface area contributed by atoms with E-state index in [1.807, 2.05) is 0 Å². The van der Waals surface area contributed by atoms with Crippen molar-refractivity contribution in [2.75, 3.05) is 38.7 Å². The predicted octanol–water partition coefficient (Wildman–Crippen LogP) is 1.94. The maximum atomic E-state index is 6.18. The Morgan fingerprint density at radius 1 is 1.18 bits per heavy atom. The van der Waals surface area contributed by atoms with Crippen molar-refractivity contribution in [1.82, 2.24) is 4.90 Å². The van der Waals surface area contributed by atoms with Gasteiger partial charge < -0.3 is 4.48 Å². The fraction of sp³-hybridized carbons (Fsp3) is 0.571. The average Bonchev–Trinajstić information content (AvgIpc) is 2.41. The minimum absolute atomic E-state index is 0.693.